The lowest BCUT2D eigenvalue weighted by Crippen LogP contribution is -2.42. The molecule has 0 aliphatic carbocycles. The summed E-state index contributed by atoms with van der Waals surface area (Å²) in [6.07, 6.45) is 0.201. The average molecular weight is 448 g/mol. The maximum absolute atomic E-state index is 14.4. The van der Waals surface area contributed by atoms with Crippen molar-refractivity contribution in [3.05, 3.63) is 29.6 Å². The zero-order valence-electron chi connectivity index (χ0n) is 20.3. The Morgan fingerprint density at radius 3 is 2.31 bits per heavy atom. The molecule has 2 aliphatic rings. The van der Waals surface area contributed by atoms with Crippen molar-refractivity contribution >= 4 is 24.6 Å². The number of hydrogen-bond acceptors (Lipinski definition) is 5. The van der Waals surface area contributed by atoms with Gasteiger partial charge in [0.2, 0.25) is 0 Å². The number of likely N-dealkylation sites (tertiary alicyclic amines) is 1. The maximum atomic E-state index is 14.4. The first-order chi connectivity index (χ1) is 14.6. The Morgan fingerprint density at radius 1 is 1.16 bits per heavy atom. The second kappa shape index (κ2) is 8.34. The van der Waals surface area contributed by atoms with Gasteiger partial charge in [0.15, 0.2) is 0 Å². The van der Waals surface area contributed by atoms with E-state index in [0.717, 1.165) is 0 Å². The standard InChI is InChI=1S/C23H34BFN2O5/c1-21(2,3)30-20(29)26(8)18-9-10-27(14-18)19(28)15-11-16(13-17(25)12-15)24-31-22(4,5)23(6,7)32-24/h11-13,18H,9-10,14H2,1-8H3/t18-/m0/s1. The third-order valence-corrected chi connectivity index (χ3v) is 6.37. The van der Waals surface area contributed by atoms with Crippen molar-refractivity contribution in [3.63, 3.8) is 0 Å². The normalized spacial score (nSPS) is 22.2. The molecule has 2 amide bonds. The first-order valence-corrected chi connectivity index (χ1v) is 11.0. The Labute approximate surface area is 190 Å². The Hall–Kier alpha value is -2.13. The number of carbonyl (C=O) groups is 2. The second-order valence-electron chi connectivity index (χ2n) is 10.6. The topological polar surface area (TPSA) is 68.3 Å². The van der Waals surface area contributed by atoms with Crippen molar-refractivity contribution < 1.29 is 28.0 Å². The minimum absolute atomic E-state index is 0.162. The molecular formula is C23H34BFN2O5. The Morgan fingerprint density at radius 2 is 1.75 bits per heavy atom. The molecular weight excluding hydrogens is 414 g/mol. The summed E-state index contributed by atoms with van der Waals surface area (Å²) in [5.41, 5.74) is -1.03. The summed E-state index contributed by atoms with van der Waals surface area (Å²) in [7, 11) is 0.914. The third-order valence-electron chi connectivity index (χ3n) is 6.37. The van der Waals surface area contributed by atoms with Crippen molar-refractivity contribution in [3.8, 4) is 0 Å². The van der Waals surface area contributed by atoms with Gasteiger partial charge in [-0.1, -0.05) is 0 Å². The van der Waals surface area contributed by atoms with Crippen LogP contribution >= 0.6 is 0 Å². The summed E-state index contributed by atoms with van der Waals surface area (Å²) in [6.45, 7) is 13.9. The van der Waals surface area contributed by atoms with Crippen LogP contribution in [0.25, 0.3) is 0 Å². The number of benzene rings is 1. The number of likely N-dealkylation sites (N-methyl/N-ethyl adjacent to an activating group) is 1. The van der Waals surface area contributed by atoms with E-state index in [1.54, 1.807) is 18.0 Å². The van der Waals surface area contributed by atoms with Gasteiger partial charge >= 0.3 is 13.2 Å². The first-order valence-electron chi connectivity index (χ1n) is 11.0. The molecule has 0 unspecified atom stereocenters. The van der Waals surface area contributed by atoms with Crippen LogP contribution in [0.3, 0.4) is 0 Å². The van der Waals surface area contributed by atoms with E-state index < -0.39 is 35.8 Å². The molecule has 3 rings (SSSR count). The lowest BCUT2D eigenvalue weighted by atomic mass is 9.78. The number of carbonyl (C=O) groups excluding carboxylic acids is 2. The van der Waals surface area contributed by atoms with Crippen molar-refractivity contribution in [2.45, 2.75) is 77.7 Å². The number of nitrogens with zero attached hydrogens (tertiary/aromatic N) is 2. The molecule has 176 valence electrons. The van der Waals surface area contributed by atoms with Crippen LogP contribution in [0.15, 0.2) is 18.2 Å². The highest BCUT2D eigenvalue weighted by Crippen LogP contribution is 2.36. The molecule has 32 heavy (non-hydrogen) atoms. The van der Waals surface area contributed by atoms with Crippen LogP contribution in [-0.2, 0) is 14.0 Å². The quantitative estimate of drug-likeness (QED) is 0.665. The van der Waals surface area contributed by atoms with Crippen molar-refractivity contribution in [1.29, 1.82) is 0 Å². The van der Waals surface area contributed by atoms with Crippen molar-refractivity contribution in [2.24, 2.45) is 0 Å². The largest absolute Gasteiger partial charge is 0.494 e. The molecule has 2 aliphatic heterocycles. The van der Waals surface area contributed by atoms with Crippen LogP contribution in [0.4, 0.5) is 9.18 Å². The Balaban J connectivity index is 1.72. The highest BCUT2D eigenvalue weighted by atomic mass is 19.1. The summed E-state index contributed by atoms with van der Waals surface area (Å²) < 4.78 is 31.9. The summed E-state index contributed by atoms with van der Waals surface area (Å²) in [5, 5.41) is 0. The predicted octanol–water partition coefficient (Wildman–Crippen LogP) is 3.21. The van der Waals surface area contributed by atoms with Gasteiger partial charge in [-0.15, -0.1) is 0 Å². The van der Waals surface area contributed by atoms with Crippen molar-refractivity contribution in [1.82, 2.24) is 9.80 Å². The highest BCUT2D eigenvalue weighted by molar-refractivity contribution is 6.62. The Bertz CT molecular complexity index is 883. The van der Waals surface area contributed by atoms with Crippen LogP contribution in [0.1, 0.15) is 65.2 Å². The van der Waals surface area contributed by atoms with E-state index in [-0.39, 0.29) is 17.5 Å². The van der Waals surface area contributed by atoms with Crippen molar-refractivity contribution in [2.75, 3.05) is 20.1 Å². The monoisotopic (exact) mass is 448 g/mol. The number of rotatable bonds is 3. The van der Waals surface area contributed by atoms with Crippen LogP contribution in [0.5, 0.6) is 0 Å². The number of halogens is 1. The van der Waals surface area contributed by atoms with E-state index in [2.05, 4.69) is 0 Å². The van der Waals surface area contributed by atoms with Gasteiger partial charge < -0.3 is 23.8 Å². The molecule has 1 aromatic carbocycles. The molecule has 7 nitrogen and oxygen atoms in total. The molecule has 2 saturated heterocycles. The smallest absolute Gasteiger partial charge is 0.444 e. The fraction of sp³-hybridized carbons (Fsp3) is 0.652. The van der Waals surface area contributed by atoms with Gasteiger partial charge in [-0.05, 0) is 78.5 Å². The summed E-state index contributed by atoms with van der Waals surface area (Å²) in [6, 6.07) is 4.02. The van der Waals surface area contributed by atoms with Gasteiger partial charge in [-0.3, -0.25) is 4.79 Å². The number of hydrogen-bond donors (Lipinski definition) is 0. The molecule has 0 spiro atoms. The Kier molecular flexibility index (Phi) is 6.39. The third kappa shape index (κ3) is 5.09. The molecule has 0 radical (unpaired) electrons. The molecule has 2 heterocycles. The highest BCUT2D eigenvalue weighted by Gasteiger charge is 2.52. The van der Waals surface area contributed by atoms with E-state index in [9.17, 15) is 14.0 Å². The van der Waals surface area contributed by atoms with Gasteiger partial charge in [0.25, 0.3) is 5.91 Å². The summed E-state index contributed by atoms with van der Waals surface area (Å²) >= 11 is 0. The van der Waals surface area contributed by atoms with Crippen LogP contribution in [-0.4, -0.2) is 71.9 Å². The predicted molar refractivity (Wildman–Crippen MR) is 120 cm³/mol. The fourth-order valence-corrected chi connectivity index (χ4v) is 3.76. The lowest BCUT2D eigenvalue weighted by molar-refractivity contribution is 0.00578. The molecule has 9 heteroatoms. The zero-order valence-corrected chi connectivity index (χ0v) is 20.3. The fourth-order valence-electron chi connectivity index (χ4n) is 3.76. The summed E-state index contributed by atoms with van der Waals surface area (Å²) in [5.74, 6) is -0.815. The van der Waals surface area contributed by atoms with E-state index in [1.165, 1.54) is 17.0 Å². The van der Waals surface area contributed by atoms with E-state index in [4.69, 9.17) is 14.0 Å². The van der Waals surface area contributed by atoms with Crippen LogP contribution in [0.2, 0.25) is 0 Å². The molecule has 0 saturated carbocycles. The molecule has 2 fully saturated rings. The lowest BCUT2D eigenvalue weighted by Gasteiger charge is -2.32. The number of ether oxygens (including phenoxy) is 1. The molecule has 1 aromatic rings. The van der Waals surface area contributed by atoms with E-state index in [1.807, 2.05) is 48.5 Å². The first kappa shape index (κ1) is 24.5. The minimum Gasteiger partial charge on any atom is -0.444 e. The average Bonchev–Trinajstić information content (AvgIpc) is 3.21. The van der Waals surface area contributed by atoms with Crippen LogP contribution in [0, 0.1) is 5.82 Å². The molecule has 0 bridgehead atoms. The van der Waals surface area contributed by atoms with Gasteiger partial charge in [0, 0.05) is 25.7 Å². The molecule has 1 atom stereocenters. The second-order valence-corrected chi connectivity index (χ2v) is 10.6. The van der Waals surface area contributed by atoms with Gasteiger partial charge in [-0.2, -0.15) is 0 Å². The van der Waals surface area contributed by atoms with E-state index >= 15 is 0 Å². The summed E-state index contributed by atoms with van der Waals surface area (Å²) in [4.78, 5) is 28.6. The number of amides is 2. The molecule has 0 N–H and O–H groups in total. The minimum atomic E-state index is -0.758. The molecule has 0 aromatic heterocycles. The SMILES string of the molecule is CN(C(=O)OC(C)(C)C)[C@H]1CCN(C(=O)c2cc(F)cc(B3OC(C)(C)C(C)(C)O3)c2)C1. The van der Waals surface area contributed by atoms with Gasteiger partial charge in [0.05, 0.1) is 17.2 Å². The van der Waals surface area contributed by atoms with Gasteiger partial charge in [0.1, 0.15) is 11.4 Å². The van der Waals surface area contributed by atoms with Crippen LogP contribution < -0.4 is 5.46 Å². The van der Waals surface area contributed by atoms with Gasteiger partial charge in [-0.25, -0.2) is 9.18 Å². The maximum Gasteiger partial charge on any atom is 0.494 e. The zero-order chi connectivity index (χ0) is 24.1. The van der Waals surface area contributed by atoms with E-state index in [0.29, 0.717) is 25.0 Å².